The highest BCUT2D eigenvalue weighted by atomic mass is 32.2. The van der Waals surface area contributed by atoms with E-state index < -0.39 is 23.5 Å². The van der Waals surface area contributed by atoms with Crippen LogP contribution in [-0.4, -0.2) is 61.7 Å². The number of thioether (sulfide) groups is 1. The Morgan fingerprint density at radius 1 is 0.826 bits per heavy atom. The first kappa shape index (κ1) is 31.5. The van der Waals surface area contributed by atoms with Crippen LogP contribution in [0.25, 0.3) is 17.1 Å². The number of hydrogen-bond donors (Lipinski definition) is 0. The Morgan fingerprint density at radius 2 is 1.46 bits per heavy atom. The standard InChI is InChI=1S/C30H23F6N7OS2/c31-29(32,33)20-3-1-5-22(15-20)41-11-13-42(14-12-41)27(44)24-17-45-25(38-24)18-46-28-40-39-26(19-7-9-37-10-8-19)43(28)23-6-2-4-21(16-23)30(34,35)36/h1-10,15-17H,11-14,18H2. The molecule has 0 unspecified atom stereocenters. The van der Waals surface area contributed by atoms with E-state index in [1.54, 1.807) is 51.5 Å². The van der Waals surface area contributed by atoms with Gasteiger partial charge in [0.2, 0.25) is 0 Å². The number of piperazine rings is 1. The monoisotopic (exact) mass is 675 g/mol. The predicted octanol–water partition coefficient (Wildman–Crippen LogP) is 7.08. The lowest BCUT2D eigenvalue weighted by molar-refractivity contribution is -0.138. The number of halogens is 6. The van der Waals surface area contributed by atoms with Gasteiger partial charge >= 0.3 is 12.4 Å². The Bertz CT molecular complexity index is 1830. The molecule has 0 bridgehead atoms. The van der Waals surface area contributed by atoms with E-state index in [0.717, 1.165) is 24.3 Å². The number of nitrogens with zero attached hydrogens (tertiary/aromatic N) is 7. The first-order valence-corrected chi connectivity index (χ1v) is 15.7. The van der Waals surface area contributed by atoms with Crippen molar-refractivity contribution in [1.82, 2.24) is 29.6 Å². The van der Waals surface area contributed by atoms with Crippen LogP contribution in [0.1, 0.15) is 26.6 Å². The van der Waals surface area contributed by atoms with E-state index >= 15 is 0 Å². The minimum Gasteiger partial charge on any atom is -0.368 e. The molecule has 0 saturated carbocycles. The SMILES string of the molecule is O=C(c1csc(CSc2nnc(-c3ccncc3)n2-c2cccc(C(F)(F)F)c2)n1)N1CCN(c2cccc(C(F)(F)F)c2)CC1. The number of thiazole rings is 1. The highest BCUT2D eigenvalue weighted by molar-refractivity contribution is 7.98. The van der Waals surface area contributed by atoms with Gasteiger partial charge < -0.3 is 9.80 Å². The van der Waals surface area contributed by atoms with E-state index in [-0.39, 0.29) is 23.0 Å². The number of hydrogen-bond acceptors (Lipinski definition) is 8. The van der Waals surface area contributed by atoms with Crippen LogP contribution in [0.15, 0.2) is 83.6 Å². The van der Waals surface area contributed by atoms with Gasteiger partial charge in [0.1, 0.15) is 10.7 Å². The van der Waals surface area contributed by atoms with E-state index in [0.29, 0.717) is 53.4 Å². The number of pyridine rings is 1. The van der Waals surface area contributed by atoms with Gasteiger partial charge in [-0.05, 0) is 48.5 Å². The highest BCUT2D eigenvalue weighted by Gasteiger charge is 2.32. The molecule has 1 aliphatic rings. The maximum atomic E-state index is 13.5. The molecule has 0 atom stereocenters. The van der Waals surface area contributed by atoms with Crippen LogP contribution in [0.4, 0.5) is 32.0 Å². The topological polar surface area (TPSA) is 80.0 Å². The summed E-state index contributed by atoms with van der Waals surface area (Å²) in [5, 5.41) is 11.1. The number of carbonyl (C=O) groups is 1. The van der Waals surface area contributed by atoms with Crippen molar-refractivity contribution in [2.75, 3.05) is 31.1 Å². The van der Waals surface area contributed by atoms with Crippen molar-refractivity contribution in [3.8, 4) is 17.1 Å². The molecule has 2 aromatic carbocycles. The molecule has 1 aliphatic heterocycles. The second-order valence-electron chi connectivity index (χ2n) is 10.2. The summed E-state index contributed by atoms with van der Waals surface area (Å²) in [4.78, 5) is 25.1. The molecule has 0 N–H and O–H groups in total. The predicted molar refractivity (Wildman–Crippen MR) is 161 cm³/mol. The summed E-state index contributed by atoms with van der Waals surface area (Å²) in [5.41, 5.74) is -0.00696. The average Bonchev–Trinajstić information content (AvgIpc) is 3.71. The molecule has 6 rings (SSSR count). The minimum atomic E-state index is -4.54. The van der Waals surface area contributed by atoms with E-state index in [9.17, 15) is 31.1 Å². The lowest BCUT2D eigenvalue weighted by Crippen LogP contribution is -2.49. The zero-order valence-electron chi connectivity index (χ0n) is 23.7. The third kappa shape index (κ3) is 6.87. The van der Waals surface area contributed by atoms with Gasteiger partial charge in [-0.25, -0.2) is 4.98 Å². The maximum absolute atomic E-state index is 13.5. The van der Waals surface area contributed by atoms with E-state index in [2.05, 4.69) is 20.2 Å². The van der Waals surface area contributed by atoms with Crippen LogP contribution in [0.3, 0.4) is 0 Å². The van der Waals surface area contributed by atoms with Gasteiger partial charge in [-0.3, -0.25) is 14.3 Å². The van der Waals surface area contributed by atoms with E-state index in [1.165, 1.54) is 35.2 Å². The number of amides is 1. The van der Waals surface area contributed by atoms with Gasteiger partial charge in [-0.2, -0.15) is 26.3 Å². The third-order valence-corrected chi connectivity index (χ3v) is 9.18. The molecule has 3 aromatic heterocycles. The summed E-state index contributed by atoms with van der Waals surface area (Å²) in [6.07, 6.45) is -5.88. The van der Waals surface area contributed by atoms with Crippen molar-refractivity contribution >= 4 is 34.7 Å². The Hall–Kier alpha value is -4.44. The smallest absolute Gasteiger partial charge is 0.368 e. The first-order valence-electron chi connectivity index (χ1n) is 13.8. The number of benzene rings is 2. The van der Waals surface area contributed by atoms with Gasteiger partial charge in [0.15, 0.2) is 11.0 Å². The summed E-state index contributed by atoms with van der Waals surface area (Å²) in [6.45, 7) is 1.36. The van der Waals surface area contributed by atoms with Crippen molar-refractivity contribution in [3.05, 3.63) is 100 Å². The zero-order valence-corrected chi connectivity index (χ0v) is 25.3. The van der Waals surface area contributed by atoms with E-state index in [1.807, 2.05) is 4.90 Å². The second kappa shape index (κ2) is 12.7. The molecule has 1 saturated heterocycles. The molecule has 0 radical (unpaired) electrons. The number of anilines is 1. The Labute approximate surface area is 266 Å². The van der Waals surface area contributed by atoms with Crippen molar-refractivity contribution < 1.29 is 31.1 Å². The van der Waals surface area contributed by atoms with Gasteiger partial charge in [-0.15, -0.1) is 21.5 Å². The van der Waals surface area contributed by atoms with Gasteiger partial charge in [-0.1, -0.05) is 23.9 Å². The molecule has 238 valence electrons. The van der Waals surface area contributed by atoms with Crippen molar-refractivity contribution in [2.24, 2.45) is 0 Å². The lowest BCUT2D eigenvalue weighted by Gasteiger charge is -2.36. The molecule has 4 heterocycles. The Morgan fingerprint density at radius 3 is 2.11 bits per heavy atom. The van der Waals surface area contributed by atoms with Crippen LogP contribution in [0, 0.1) is 0 Å². The normalized spacial score (nSPS) is 14.1. The summed E-state index contributed by atoms with van der Waals surface area (Å²) in [7, 11) is 0. The molecular formula is C30H23F6N7OS2. The molecule has 1 fully saturated rings. The minimum absolute atomic E-state index is 0.230. The lowest BCUT2D eigenvalue weighted by atomic mass is 10.1. The highest BCUT2D eigenvalue weighted by Crippen LogP contribution is 2.35. The molecule has 0 spiro atoms. The van der Waals surface area contributed by atoms with E-state index in [4.69, 9.17) is 0 Å². The fourth-order valence-electron chi connectivity index (χ4n) is 4.92. The Balaban J connectivity index is 1.15. The number of aromatic nitrogens is 5. The largest absolute Gasteiger partial charge is 0.416 e. The van der Waals surface area contributed by atoms with Gasteiger partial charge in [0.05, 0.1) is 22.6 Å². The number of rotatable bonds is 7. The molecule has 8 nitrogen and oxygen atoms in total. The first-order chi connectivity index (χ1) is 22.0. The Kier molecular flexibility index (Phi) is 8.74. The molecular weight excluding hydrogens is 653 g/mol. The molecule has 0 aliphatic carbocycles. The van der Waals surface area contributed by atoms with Crippen molar-refractivity contribution in [1.29, 1.82) is 0 Å². The van der Waals surface area contributed by atoms with Crippen molar-refractivity contribution in [3.63, 3.8) is 0 Å². The number of alkyl halides is 6. The molecule has 16 heteroatoms. The maximum Gasteiger partial charge on any atom is 0.416 e. The summed E-state index contributed by atoms with van der Waals surface area (Å²) in [6, 6.07) is 13.4. The van der Waals surface area contributed by atoms with Gasteiger partial charge in [0.25, 0.3) is 5.91 Å². The molecule has 5 aromatic rings. The summed E-state index contributed by atoms with van der Waals surface area (Å²) in [5.74, 6) is 0.320. The molecule has 46 heavy (non-hydrogen) atoms. The van der Waals surface area contributed by atoms with Crippen LogP contribution in [0.2, 0.25) is 0 Å². The fourth-order valence-corrected chi connectivity index (χ4v) is 6.65. The third-order valence-electron chi connectivity index (χ3n) is 7.20. The second-order valence-corrected chi connectivity index (χ2v) is 12.1. The quantitative estimate of drug-likeness (QED) is 0.135. The van der Waals surface area contributed by atoms with Gasteiger partial charge in [0, 0.05) is 55.2 Å². The average molecular weight is 676 g/mol. The molecule has 1 amide bonds. The fraction of sp³-hybridized carbons (Fsp3) is 0.233. The van der Waals surface area contributed by atoms with Crippen LogP contribution >= 0.6 is 23.1 Å². The summed E-state index contributed by atoms with van der Waals surface area (Å²) < 4.78 is 81.5. The van der Waals surface area contributed by atoms with Crippen LogP contribution < -0.4 is 4.90 Å². The summed E-state index contributed by atoms with van der Waals surface area (Å²) >= 11 is 2.48. The van der Waals surface area contributed by atoms with Crippen molar-refractivity contribution in [2.45, 2.75) is 23.3 Å². The number of carbonyl (C=O) groups excluding carboxylic acids is 1. The van der Waals surface area contributed by atoms with Crippen LogP contribution in [-0.2, 0) is 18.1 Å². The van der Waals surface area contributed by atoms with Crippen LogP contribution in [0.5, 0.6) is 0 Å². The zero-order chi connectivity index (χ0) is 32.5.